The number of methoxy groups -OCH3 is 1. The minimum atomic E-state index is -0.750. The Bertz CT molecular complexity index is 451. The van der Waals surface area contributed by atoms with Gasteiger partial charge < -0.3 is 14.2 Å². The van der Waals surface area contributed by atoms with Crippen LogP contribution in [0.1, 0.15) is 17.3 Å². The van der Waals surface area contributed by atoms with E-state index in [1.54, 1.807) is 38.3 Å². The molecule has 5 nitrogen and oxygen atoms in total. The topological polar surface area (TPSA) is 65.1 Å². The van der Waals surface area contributed by atoms with E-state index in [0.29, 0.717) is 11.3 Å². The van der Waals surface area contributed by atoms with Crippen molar-refractivity contribution in [3.05, 3.63) is 29.8 Å². The van der Waals surface area contributed by atoms with Crippen molar-refractivity contribution >= 4 is 11.8 Å². The van der Waals surface area contributed by atoms with Crippen LogP contribution in [0.3, 0.4) is 0 Å². The fraction of sp³-hybridized carbons (Fsp3) is 0.385. The van der Waals surface area contributed by atoms with E-state index in [0.717, 1.165) is 0 Å². The smallest absolute Gasteiger partial charge is 0.338 e. The molecule has 0 amide bonds. The van der Waals surface area contributed by atoms with Gasteiger partial charge >= 0.3 is 5.97 Å². The van der Waals surface area contributed by atoms with E-state index in [9.17, 15) is 9.59 Å². The number of hydrogen-bond acceptors (Lipinski definition) is 5. The van der Waals surface area contributed by atoms with Gasteiger partial charge in [-0.15, -0.1) is 0 Å². The first-order valence-corrected chi connectivity index (χ1v) is 5.67. The summed E-state index contributed by atoms with van der Waals surface area (Å²) in [5.74, 6) is -0.0229. The molecule has 1 saturated heterocycles. The number of esters is 1. The van der Waals surface area contributed by atoms with Crippen molar-refractivity contribution in [2.75, 3.05) is 13.7 Å². The first kappa shape index (κ1) is 12.6. The molecule has 2 atom stereocenters. The van der Waals surface area contributed by atoms with Crippen LogP contribution in [0.2, 0.25) is 0 Å². The molecule has 0 spiro atoms. The highest BCUT2D eigenvalue weighted by atomic mass is 16.6. The van der Waals surface area contributed by atoms with Gasteiger partial charge in [0.05, 0.1) is 13.7 Å². The number of benzene rings is 1. The Kier molecular flexibility index (Phi) is 3.62. The van der Waals surface area contributed by atoms with Gasteiger partial charge in [0.1, 0.15) is 5.75 Å². The zero-order valence-corrected chi connectivity index (χ0v) is 10.2. The Morgan fingerprint density at radius 2 is 1.89 bits per heavy atom. The molecular formula is C13H14O5. The summed E-state index contributed by atoms with van der Waals surface area (Å²) in [6, 6.07) is 6.67. The van der Waals surface area contributed by atoms with Crippen LogP contribution in [0.5, 0.6) is 5.75 Å². The van der Waals surface area contributed by atoms with Gasteiger partial charge in [-0.05, 0) is 31.2 Å². The van der Waals surface area contributed by atoms with Gasteiger partial charge in [-0.3, -0.25) is 4.79 Å². The first-order chi connectivity index (χ1) is 8.67. The summed E-state index contributed by atoms with van der Waals surface area (Å²) in [4.78, 5) is 23.3. The largest absolute Gasteiger partial charge is 0.497 e. The van der Waals surface area contributed by atoms with Crippen molar-refractivity contribution in [3.63, 3.8) is 0 Å². The minimum Gasteiger partial charge on any atom is -0.497 e. The van der Waals surface area contributed by atoms with Gasteiger partial charge in [0.15, 0.2) is 18.0 Å². The molecule has 1 heterocycles. The van der Waals surface area contributed by atoms with E-state index in [2.05, 4.69) is 0 Å². The van der Waals surface area contributed by atoms with E-state index in [1.165, 1.54) is 0 Å². The molecular weight excluding hydrogens is 236 g/mol. The van der Waals surface area contributed by atoms with E-state index in [-0.39, 0.29) is 12.4 Å². The number of ketones is 1. The Labute approximate surface area is 105 Å². The van der Waals surface area contributed by atoms with Gasteiger partial charge in [0.2, 0.25) is 0 Å². The lowest BCUT2D eigenvalue weighted by Crippen LogP contribution is -2.18. The van der Waals surface area contributed by atoms with E-state index < -0.39 is 18.2 Å². The summed E-state index contributed by atoms with van der Waals surface area (Å²) in [6.45, 7) is 1.99. The molecule has 2 rings (SSSR count). The molecule has 5 heteroatoms. The third-order valence-corrected chi connectivity index (χ3v) is 2.64. The van der Waals surface area contributed by atoms with Crippen LogP contribution in [0.15, 0.2) is 24.3 Å². The lowest BCUT2D eigenvalue weighted by Gasteiger charge is -2.01. The predicted molar refractivity (Wildman–Crippen MR) is 62.6 cm³/mol. The van der Waals surface area contributed by atoms with Crippen LogP contribution in [-0.2, 0) is 14.3 Å². The zero-order chi connectivity index (χ0) is 13.1. The normalized spacial score (nSPS) is 21.2. The van der Waals surface area contributed by atoms with Crippen LogP contribution in [0, 0.1) is 0 Å². The number of hydrogen-bond donors (Lipinski definition) is 0. The molecule has 0 N–H and O–H groups in total. The number of epoxide rings is 1. The average molecular weight is 250 g/mol. The summed E-state index contributed by atoms with van der Waals surface area (Å²) >= 11 is 0. The lowest BCUT2D eigenvalue weighted by molar-refractivity contribution is -0.144. The van der Waals surface area contributed by atoms with Crippen LogP contribution in [0.4, 0.5) is 0 Å². The second-order valence-corrected chi connectivity index (χ2v) is 3.82. The minimum absolute atomic E-state index is 0.212. The van der Waals surface area contributed by atoms with Crippen LogP contribution < -0.4 is 4.74 Å². The molecule has 1 fully saturated rings. The molecule has 1 aromatic carbocycles. The summed E-state index contributed by atoms with van der Waals surface area (Å²) in [6.07, 6.45) is -1.46. The summed E-state index contributed by atoms with van der Waals surface area (Å²) in [5, 5.41) is 0. The molecule has 1 aromatic rings. The van der Waals surface area contributed by atoms with Crippen molar-refractivity contribution in [2.45, 2.75) is 19.1 Å². The maximum Gasteiger partial charge on any atom is 0.338 e. The highest BCUT2D eigenvalue weighted by molar-refractivity contribution is 6.04. The van der Waals surface area contributed by atoms with Crippen LogP contribution in [0.25, 0.3) is 0 Å². The second-order valence-electron chi connectivity index (χ2n) is 3.82. The molecule has 0 unspecified atom stereocenters. The van der Waals surface area contributed by atoms with Crippen molar-refractivity contribution in [2.24, 2.45) is 0 Å². The maximum absolute atomic E-state index is 12.0. The highest BCUT2D eigenvalue weighted by Crippen LogP contribution is 2.27. The highest BCUT2D eigenvalue weighted by Gasteiger charge is 2.51. The van der Waals surface area contributed by atoms with Crippen LogP contribution in [-0.4, -0.2) is 37.7 Å². The molecule has 0 saturated carbocycles. The molecule has 0 aliphatic carbocycles. The Morgan fingerprint density at radius 3 is 2.44 bits per heavy atom. The molecule has 0 bridgehead atoms. The summed E-state index contributed by atoms with van der Waals surface area (Å²) in [5.41, 5.74) is 0.493. The Hall–Kier alpha value is -1.88. The monoisotopic (exact) mass is 250 g/mol. The van der Waals surface area contributed by atoms with Crippen molar-refractivity contribution in [1.82, 2.24) is 0 Å². The SMILES string of the molecule is CCOC(=O)[C@H]1O[C@@H]1C(=O)c1ccc(OC)cc1. The molecule has 1 aliphatic rings. The fourth-order valence-corrected chi connectivity index (χ4v) is 1.63. The first-order valence-electron chi connectivity index (χ1n) is 5.67. The predicted octanol–water partition coefficient (Wildman–Crippen LogP) is 1.21. The lowest BCUT2D eigenvalue weighted by atomic mass is 10.1. The van der Waals surface area contributed by atoms with E-state index in [1.807, 2.05) is 0 Å². The Balaban J connectivity index is 1.98. The quantitative estimate of drug-likeness (QED) is 0.446. The summed E-state index contributed by atoms with van der Waals surface area (Å²) < 4.78 is 14.8. The number of rotatable bonds is 5. The van der Waals surface area contributed by atoms with Gasteiger partial charge in [-0.1, -0.05) is 0 Å². The van der Waals surface area contributed by atoms with Crippen molar-refractivity contribution in [3.8, 4) is 5.75 Å². The Morgan fingerprint density at radius 1 is 1.22 bits per heavy atom. The molecule has 1 aliphatic heterocycles. The maximum atomic E-state index is 12.0. The molecule has 96 valence electrons. The molecule has 0 radical (unpaired) electrons. The standard InChI is InChI=1S/C13H14O5/c1-3-17-13(15)12-11(18-12)10(14)8-4-6-9(16-2)7-5-8/h4-7,11-12H,3H2,1-2H3/t11-,12+/m1/s1. The number of ether oxygens (including phenoxy) is 3. The zero-order valence-electron chi connectivity index (χ0n) is 10.2. The van der Waals surface area contributed by atoms with Crippen LogP contribution >= 0.6 is 0 Å². The van der Waals surface area contributed by atoms with Crippen molar-refractivity contribution < 1.29 is 23.8 Å². The third kappa shape index (κ3) is 2.51. The number of carbonyl (C=O) groups excluding carboxylic acids is 2. The third-order valence-electron chi connectivity index (χ3n) is 2.64. The average Bonchev–Trinajstić information content (AvgIpc) is 3.18. The van der Waals surface area contributed by atoms with Gasteiger partial charge in [0.25, 0.3) is 0 Å². The number of carbonyl (C=O) groups is 2. The fourth-order valence-electron chi connectivity index (χ4n) is 1.63. The van der Waals surface area contributed by atoms with Gasteiger partial charge in [-0.25, -0.2) is 4.79 Å². The van der Waals surface area contributed by atoms with Gasteiger partial charge in [0, 0.05) is 5.56 Å². The van der Waals surface area contributed by atoms with E-state index in [4.69, 9.17) is 14.2 Å². The second kappa shape index (κ2) is 5.18. The molecule has 18 heavy (non-hydrogen) atoms. The number of Topliss-reactive ketones (excluding diaryl/α,β-unsaturated/α-hetero) is 1. The van der Waals surface area contributed by atoms with Crippen molar-refractivity contribution in [1.29, 1.82) is 0 Å². The summed E-state index contributed by atoms with van der Waals surface area (Å²) in [7, 11) is 1.55. The van der Waals surface area contributed by atoms with E-state index >= 15 is 0 Å². The van der Waals surface area contributed by atoms with Gasteiger partial charge in [-0.2, -0.15) is 0 Å². The molecule has 0 aromatic heterocycles.